The maximum absolute atomic E-state index is 12.2. The van der Waals surface area contributed by atoms with Crippen molar-refractivity contribution in [2.45, 2.75) is 118 Å². The van der Waals surface area contributed by atoms with Gasteiger partial charge >= 0.3 is 17.8 Å². The van der Waals surface area contributed by atoms with Crippen molar-refractivity contribution in [2.75, 3.05) is 191 Å². The summed E-state index contributed by atoms with van der Waals surface area (Å²) in [7, 11) is 3.17. The fourth-order valence-corrected chi connectivity index (χ4v) is 8.81. The summed E-state index contributed by atoms with van der Waals surface area (Å²) in [6, 6.07) is 19.0. The molecule has 616 valence electrons. The predicted molar refractivity (Wildman–Crippen MR) is 456 cm³/mol. The Bertz CT molecular complexity index is 2120. The van der Waals surface area contributed by atoms with Gasteiger partial charge in [0.2, 0.25) is 0 Å². The van der Waals surface area contributed by atoms with Crippen LogP contribution in [0.1, 0.15) is 69.8 Å². The highest BCUT2D eigenvalue weighted by Gasteiger charge is 2.71. The van der Waals surface area contributed by atoms with E-state index in [1.807, 2.05) is 55.5 Å². The zero-order chi connectivity index (χ0) is 81.3. The number of hydrogen-bond acceptors (Lipinski definition) is 31. The Balaban J connectivity index is -0.000000136. The van der Waals surface area contributed by atoms with E-state index in [0.717, 1.165) is 75.4 Å². The topological polar surface area (TPSA) is 289 Å². The SMILES string of the molecule is Cc1ccc(S)c(S)c1.OCC#CCO.OCC(F)(F)C(F)(F)C(F)(F)CO.OCCOCC#CCOCCO.OCCOCCO.OCCOCCOCCO.OCCSSCCO.SCCCCCCCCS.SCCCCCCS.SCCS.Sc1ccc(Cl)c(S)c1.Sc1ccc(S)cc1. The average Bonchev–Trinajstić information content (AvgIpc) is 0.778. The summed E-state index contributed by atoms with van der Waals surface area (Å²) in [4.78, 5) is 5.47. The molecule has 0 heterocycles. The summed E-state index contributed by atoms with van der Waals surface area (Å²) in [6.07, 6.45) is 13.2. The number of alkyl halides is 6. The minimum absolute atomic E-state index is 0.0166. The number of thiol groups is 12. The van der Waals surface area contributed by atoms with Crippen molar-refractivity contribution < 1.29 is 111 Å². The molecule has 0 fully saturated rings. The Hall–Kier alpha value is 0.870. The molecule has 0 aromatic heterocycles. The lowest BCUT2D eigenvalue weighted by Gasteiger charge is -2.30. The molecule has 104 heavy (non-hydrogen) atoms. The molecular formula is C66H117ClF6O17S14. The second-order valence-electron chi connectivity index (χ2n) is 18.7. The summed E-state index contributed by atoms with van der Waals surface area (Å²) in [6.45, 7) is 1.01. The molecule has 3 rings (SSSR count). The van der Waals surface area contributed by atoms with Crippen molar-refractivity contribution in [1.82, 2.24) is 0 Å². The number of halogens is 7. The smallest absolute Gasteiger partial charge is 0.376 e. The zero-order valence-electron chi connectivity index (χ0n) is 58.8. The molecule has 38 heteroatoms. The Morgan fingerprint density at radius 1 is 0.356 bits per heavy atom. The van der Waals surface area contributed by atoms with Gasteiger partial charge in [0.25, 0.3) is 0 Å². The van der Waals surface area contributed by atoms with Crippen molar-refractivity contribution in [3.8, 4) is 23.7 Å². The first-order valence-electron chi connectivity index (χ1n) is 31.9. The first kappa shape index (κ1) is 123. The molecule has 0 amide bonds. The third-order valence-electron chi connectivity index (χ3n) is 9.93. The van der Waals surface area contributed by atoms with Crippen LogP contribution in [0.25, 0.3) is 0 Å². The van der Waals surface area contributed by atoms with Crippen molar-refractivity contribution >= 4 is 185 Å². The number of aliphatic hydroxyl groups is 12. The van der Waals surface area contributed by atoms with E-state index in [4.69, 9.17) is 91.8 Å². The van der Waals surface area contributed by atoms with Gasteiger partial charge < -0.3 is 85.0 Å². The molecule has 17 nitrogen and oxygen atoms in total. The second-order valence-corrected chi connectivity index (χ2v) is 27.5. The fraction of sp³-hybridized carbons (Fsp3) is 0.667. The maximum atomic E-state index is 12.2. The normalized spacial score (nSPS) is 10.0. The Kier molecular flexibility index (Phi) is 121. The van der Waals surface area contributed by atoms with Crippen LogP contribution < -0.4 is 0 Å². The van der Waals surface area contributed by atoms with E-state index in [0.29, 0.717) is 71.1 Å². The van der Waals surface area contributed by atoms with Crippen LogP contribution >= 0.6 is 185 Å². The standard InChI is InChI=1S/C8H14O4.C8H18S2.C7H8S2.C6H5ClS2.C6H14O4.C6H6S2.C6H14S2.C5H6F6O2.C4H10O3.C4H10O2S2.C4H6O2.C2H6S2/c9-3-7-11-5-1-2-6-12-8-4-10;9-7-5-3-1-2-4-6-8-10;1-5-2-3-6(8)7(9)4-5;7-5-2-1-4(8)3-6(5)9;7-1-3-9-5-6-10-4-2-8;7-5-1-2-6(8)4-3-5;7-5-3-1-2-4-6-8;6-3(7,1-12)5(10,11)4(8,9)2-13;5-1-3-7-4-2-6;5-1-3-7-8-4-2-6;5-3-1-2-4-6;3-1-2-4/h9-10H,3-8H2;9-10H,1-8H2;2-4,8-9H,1H3;1-3,8-9H;7-8H,1-6H2;1-4,7-8H;7-8H,1-6H2;12-13H,1-2H2;5-6H,1-4H2;5-6H,1-4H2;5-6H,3-4H2;3-4H,1-2H2. The summed E-state index contributed by atoms with van der Waals surface area (Å²) >= 11 is 54.6. The number of unbranched alkanes of at least 4 members (excludes halogenated alkanes) is 8. The molecule has 0 saturated carbocycles. The van der Waals surface area contributed by atoms with Gasteiger partial charge in [-0.05, 0) is 127 Å². The van der Waals surface area contributed by atoms with Gasteiger partial charge in [-0.15, -0.1) is 75.8 Å². The van der Waals surface area contributed by atoms with E-state index >= 15 is 0 Å². The Morgan fingerprint density at radius 2 is 0.663 bits per heavy atom. The Labute approximate surface area is 694 Å². The van der Waals surface area contributed by atoms with Crippen LogP contribution in [0, 0.1) is 30.6 Å². The maximum Gasteiger partial charge on any atom is 0.376 e. The van der Waals surface area contributed by atoms with Gasteiger partial charge in [-0.2, -0.15) is 102 Å². The fourth-order valence-electron chi connectivity index (χ4n) is 5.03. The number of hydrogen-bond donors (Lipinski definition) is 24. The van der Waals surface area contributed by atoms with E-state index in [1.54, 1.807) is 33.7 Å². The minimum Gasteiger partial charge on any atom is -0.395 e. The van der Waals surface area contributed by atoms with Crippen LogP contribution in [0.2, 0.25) is 5.02 Å². The van der Waals surface area contributed by atoms with Gasteiger partial charge in [-0.3, -0.25) is 0 Å². The molecule has 3 aromatic carbocycles. The molecule has 0 aliphatic carbocycles. The molecule has 0 atom stereocenters. The zero-order valence-corrected chi connectivity index (χ0v) is 71.9. The van der Waals surface area contributed by atoms with Gasteiger partial charge in [-0.1, -0.05) is 101 Å². The lowest BCUT2D eigenvalue weighted by atomic mass is 10.1. The lowest BCUT2D eigenvalue weighted by Crippen LogP contribution is -2.57. The van der Waals surface area contributed by atoms with Crippen molar-refractivity contribution in [2.24, 2.45) is 0 Å². The van der Waals surface area contributed by atoms with E-state index in [1.165, 1.54) is 69.8 Å². The predicted octanol–water partition coefficient (Wildman–Crippen LogP) is 11.4. The molecule has 0 unspecified atom stereocenters. The van der Waals surface area contributed by atoms with Crippen LogP contribution in [-0.2, 0) is 23.7 Å². The van der Waals surface area contributed by atoms with Gasteiger partial charge in [0.05, 0.1) is 111 Å². The first-order chi connectivity index (χ1) is 49.6. The van der Waals surface area contributed by atoms with Crippen LogP contribution in [0.3, 0.4) is 0 Å². The third-order valence-corrected chi connectivity index (χ3v) is 17.0. The highest BCUT2D eigenvalue weighted by Crippen LogP contribution is 2.45. The summed E-state index contributed by atoms with van der Waals surface area (Å²) < 4.78 is 96.5. The average molecular weight is 1780 g/mol. The molecule has 0 aliphatic heterocycles. The lowest BCUT2D eigenvalue weighted by molar-refractivity contribution is -0.323. The summed E-state index contributed by atoms with van der Waals surface area (Å²) in [5.74, 6) is 1.01. The second kappa shape index (κ2) is 102. The van der Waals surface area contributed by atoms with Gasteiger partial charge in [-0.25, -0.2) is 0 Å². The van der Waals surface area contributed by atoms with E-state index < -0.39 is 31.0 Å². The number of benzene rings is 3. The monoisotopic (exact) mass is 1780 g/mol. The van der Waals surface area contributed by atoms with Crippen LogP contribution in [-0.4, -0.2) is 270 Å². The summed E-state index contributed by atoms with van der Waals surface area (Å²) in [5, 5.41) is 97.8. The van der Waals surface area contributed by atoms with E-state index in [9.17, 15) is 26.3 Å². The third kappa shape index (κ3) is 103. The molecule has 0 radical (unpaired) electrons. The summed E-state index contributed by atoms with van der Waals surface area (Å²) in [5.41, 5.74) is 1.22. The van der Waals surface area contributed by atoms with Gasteiger partial charge in [0, 0.05) is 40.9 Å². The number of aliphatic hydroxyl groups excluding tert-OH is 12. The number of rotatable bonds is 39. The number of ether oxygens (including phenoxy) is 5. The van der Waals surface area contributed by atoms with E-state index in [2.05, 4.69) is 180 Å². The van der Waals surface area contributed by atoms with Gasteiger partial charge in [0.1, 0.15) is 39.6 Å². The minimum atomic E-state index is -5.77. The molecular weight excluding hydrogens is 1660 g/mol. The van der Waals surface area contributed by atoms with Crippen molar-refractivity contribution in [1.29, 1.82) is 0 Å². The molecule has 0 saturated heterocycles. The van der Waals surface area contributed by atoms with E-state index in [-0.39, 0.29) is 66.1 Å². The van der Waals surface area contributed by atoms with Crippen LogP contribution in [0.5, 0.6) is 0 Å². The first-order valence-corrected chi connectivity index (χ1v) is 41.3. The molecule has 12 N–H and O–H groups in total. The van der Waals surface area contributed by atoms with Crippen LogP contribution in [0.15, 0.2) is 90.0 Å². The Morgan fingerprint density at radius 3 is 0.913 bits per heavy atom. The molecule has 3 aromatic rings. The molecule has 0 bridgehead atoms. The molecule has 0 spiro atoms. The van der Waals surface area contributed by atoms with Crippen molar-refractivity contribution in [3.05, 3.63) is 71.2 Å². The quantitative estimate of drug-likeness (QED) is 0.00830. The number of aryl methyl sites for hydroxylation is 1. The molecule has 0 aliphatic rings. The largest absolute Gasteiger partial charge is 0.395 e. The van der Waals surface area contributed by atoms with Gasteiger partial charge in [0.15, 0.2) is 0 Å². The van der Waals surface area contributed by atoms with Crippen molar-refractivity contribution in [3.63, 3.8) is 0 Å². The van der Waals surface area contributed by atoms with Crippen LogP contribution in [0.4, 0.5) is 26.3 Å². The highest BCUT2D eigenvalue weighted by atomic mass is 35.5. The highest BCUT2D eigenvalue weighted by molar-refractivity contribution is 8.76.